The molecular formula is C16H17Cl2N. The van der Waals surface area contributed by atoms with Crippen LogP contribution in [0.25, 0.3) is 0 Å². The zero-order chi connectivity index (χ0) is 13.8. The molecule has 2 aromatic rings. The highest BCUT2D eigenvalue weighted by Crippen LogP contribution is 2.26. The maximum Gasteiger partial charge on any atom is 0.0494 e. The van der Waals surface area contributed by atoms with Crippen molar-refractivity contribution >= 4 is 28.9 Å². The lowest BCUT2D eigenvalue weighted by atomic mass is 10.1. The summed E-state index contributed by atoms with van der Waals surface area (Å²) in [5.41, 5.74) is 4.73. The number of benzene rings is 2. The topological polar surface area (TPSA) is 3.24 Å². The molecule has 2 aromatic carbocycles. The minimum absolute atomic E-state index is 0.491. The number of alkyl halides is 1. The minimum atomic E-state index is 0.491. The van der Waals surface area contributed by atoms with Gasteiger partial charge in [-0.2, -0.15) is 0 Å². The summed E-state index contributed by atoms with van der Waals surface area (Å²) in [6.45, 7) is 2.93. The van der Waals surface area contributed by atoms with Crippen molar-refractivity contribution < 1.29 is 0 Å². The average Bonchev–Trinajstić information content (AvgIpc) is 2.41. The monoisotopic (exact) mass is 293 g/mol. The molecular weight excluding hydrogens is 277 g/mol. The Morgan fingerprint density at radius 1 is 1.05 bits per heavy atom. The molecule has 100 valence electrons. The van der Waals surface area contributed by atoms with Gasteiger partial charge >= 0.3 is 0 Å². The molecule has 1 nitrogen and oxygen atoms in total. The van der Waals surface area contributed by atoms with Gasteiger partial charge in [-0.05, 0) is 30.2 Å². The SMILES string of the molecule is Cc1ccc(CN(C)c2cc(Cl)ccc2CCl)cc1. The van der Waals surface area contributed by atoms with E-state index in [9.17, 15) is 0 Å². The standard InChI is InChI=1S/C16H17Cl2N/c1-12-3-5-13(6-4-12)11-19(2)16-9-15(18)8-7-14(16)10-17/h3-9H,10-11H2,1-2H3. The molecule has 0 saturated heterocycles. The van der Waals surface area contributed by atoms with Gasteiger partial charge in [-0.25, -0.2) is 0 Å². The fraction of sp³-hybridized carbons (Fsp3) is 0.250. The van der Waals surface area contributed by atoms with Gasteiger partial charge in [0.05, 0.1) is 0 Å². The van der Waals surface area contributed by atoms with Gasteiger partial charge in [-0.1, -0.05) is 47.5 Å². The zero-order valence-corrected chi connectivity index (χ0v) is 12.7. The molecule has 3 heteroatoms. The summed E-state index contributed by atoms with van der Waals surface area (Å²) in [5, 5.41) is 0.736. The first kappa shape index (κ1) is 14.2. The Kier molecular flexibility index (Phi) is 4.73. The van der Waals surface area contributed by atoms with Gasteiger partial charge in [0.25, 0.3) is 0 Å². The molecule has 2 rings (SSSR count). The van der Waals surface area contributed by atoms with E-state index in [1.165, 1.54) is 11.1 Å². The van der Waals surface area contributed by atoms with Crippen molar-refractivity contribution in [1.29, 1.82) is 0 Å². The lowest BCUT2D eigenvalue weighted by molar-refractivity contribution is 0.915. The predicted molar refractivity (Wildman–Crippen MR) is 84.3 cm³/mol. The fourth-order valence-electron chi connectivity index (χ4n) is 2.06. The van der Waals surface area contributed by atoms with Crippen molar-refractivity contribution in [2.75, 3.05) is 11.9 Å². The number of rotatable bonds is 4. The molecule has 0 aliphatic carbocycles. The largest absolute Gasteiger partial charge is 0.370 e. The number of hydrogen-bond donors (Lipinski definition) is 0. The van der Waals surface area contributed by atoms with Gasteiger partial charge in [0.2, 0.25) is 0 Å². The molecule has 0 unspecified atom stereocenters. The van der Waals surface area contributed by atoms with E-state index in [0.717, 1.165) is 22.8 Å². The van der Waals surface area contributed by atoms with Crippen LogP contribution in [0, 0.1) is 6.92 Å². The molecule has 0 radical (unpaired) electrons. The van der Waals surface area contributed by atoms with E-state index in [2.05, 4.69) is 43.1 Å². The first-order valence-corrected chi connectivity index (χ1v) is 7.12. The van der Waals surface area contributed by atoms with Crippen molar-refractivity contribution in [2.45, 2.75) is 19.3 Å². The van der Waals surface area contributed by atoms with Crippen LogP contribution >= 0.6 is 23.2 Å². The second kappa shape index (κ2) is 6.31. The van der Waals surface area contributed by atoms with E-state index in [1.807, 2.05) is 18.2 Å². The highest BCUT2D eigenvalue weighted by Gasteiger charge is 2.08. The highest BCUT2D eigenvalue weighted by molar-refractivity contribution is 6.31. The molecule has 0 heterocycles. The third-order valence-corrected chi connectivity index (χ3v) is 3.67. The van der Waals surface area contributed by atoms with Crippen LogP contribution in [-0.2, 0) is 12.4 Å². The maximum atomic E-state index is 6.07. The van der Waals surface area contributed by atoms with Crippen LogP contribution in [0.2, 0.25) is 5.02 Å². The van der Waals surface area contributed by atoms with Crippen LogP contribution in [0.1, 0.15) is 16.7 Å². The van der Waals surface area contributed by atoms with Gasteiger partial charge in [0.1, 0.15) is 0 Å². The van der Waals surface area contributed by atoms with Crippen molar-refractivity contribution in [3.8, 4) is 0 Å². The smallest absolute Gasteiger partial charge is 0.0494 e. The number of aryl methyl sites for hydroxylation is 1. The summed E-state index contributed by atoms with van der Waals surface area (Å²) in [5.74, 6) is 0.491. The second-order valence-corrected chi connectivity index (χ2v) is 5.45. The Morgan fingerprint density at radius 2 is 1.74 bits per heavy atom. The lowest BCUT2D eigenvalue weighted by Gasteiger charge is -2.22. The van der Waals surface area contributed by atoms with E-state index >= 15 is 0 Å². The Hall–Kier alpha value is -1.18. The van der Waals surface area contributed by atoms with Crippen LogP contribution in [0.4, 0.5) is 5.69 Å². The number of halogens is 2. The number of nitrogens with zero attached hydrogens (tertiary/aromatic N) is 1. The van der Waals surface area contributed by atoms with E-state index in [-0.39, 0.29) is 0 Å². The summed E-state index contributed by atoms with van der Waals surface area (Å²) in [6.07, 6.45) is 0. The van der Waals surface area contributed by atoms with Crippen LogP contribution in [0.5, 0.6) is 0 Å². The third kappa shape index (κ3) is 3.65. The van der Waals surface area contributed by atoms with Gasteiger partial charge in [-0.3, -0.25) is 0 Å². The summed E-state index contributed by atoms with van der Waals surface area (Å²) < 4.78 is 0. The van der Waals surface area contributed by atoms with E-state index in [1.54, 1.807) is 0 Å². The van der Waals surface area contributed by atoms with Gasteiger partial charge in [-0.15, -0.1) is 11.6 Å². The zero-order valence-electron chi connectivity index (χ0n) is 11.2. The Bertz CT molecular complexity index is 549. The van der Waals surface area contributed by atoms with Crippen molar-refractivity contribution in [3.63, 3.8) is 0 Å². The third-order valence-electron chi connectivity index (χ3n) is 3.14. The van der Waals surface area contributed by atoms with Crippen LogP contribution in [0.3, 0.4) is 0 Å². The second-order valence-electron chi connectivity index (χ2n) is 4.75. The maximum absolute atomic E-state index is 6.07. The van der Waals surface area contributed by atoms with E-state index < -0.39 is 0 Å². The molecule has 0 bridgehead atoms. The molecule has 0 aliphatic heterocycles. The molecule has 0 fully saturated rings. The summed E-state index contributed by atoms with van der Waals surface area (Å²) >= 11 is 12.1. The summed E-state index contributed by atoms with van der Waals surface area (Å²) in [6, 6.07) is 14.4. The minimum Gasteiger partial charge on any atom is -0.370 e. The molecule has 0 aliphatic rings. The first-order chi connectivity index (χ1) is 9.10. The van der Waals surface area contributed by atoms with Crippen LogP contribution in [-0.4, -0.2) is 7.05 Å². The fourth-order valence-corrected chi connectivity index (χ4v) is 2.45. The summed E-state index contributed by atoms with van der Waals surface area (Å²) in [4.78, 5) is 2.17. The van der Waals surface area contributed by atoms with Crippen LogP contribution < -0.4 is 4.90 Å². The van der Waals surface area contributed by atoms with E-state index in [4.69, 9.17) is 23.2 Å². The molecule has 0 saturated carbocycles. The first-order valence-electron chi connectivity index (χ1n) is 6.21. The Labute approximate surface area is 124 Å². The predicted octanol–water partition coefficient (Wildman–Crippen LogP) is 5.02. The Balaban J connectivity index is 2.21. The number of anilines is 1. The molecule has 19 heavy (non-hydrogen) atoms. The average molecular weight is 294 g/mol. The Morgan fingerprint density at radius 3 is 2.37 bits per heavy atom. The van der Waals surface area contributed by atoms with Crippen molar-refractivity contribution in [2.24, 2.45) is 0 Å². The van der Waals surface area contributed by atoms with Crippen molar-refractivity contribution in [3.05, 3.63) is 64.2 Å². The van der Waals surface area contributed by atoms with Crippen molar-refractivity contribution in [1.82, 2.24) is 0 Å². The number of hydrogen-bond acceptors (Lipinski definition) is 1. The van der Waals surface area contributed by atoms with E-state index in [0.29, 0.717) is 5.88 Å². The quantitative estimate of drug-likeness (QED) is 0.715. The molecule has 0 amide bonds. The molecule has 0 atom stereocenters. The van der Waals surface area contributed by atoms with Gasteiger partial charge in [0, 0.05) is 30.2 Å². The highest BCUT2D eigenvalue weighted by atomic mass is 35.5. The molecule has 0 spiro atoms. The van der Waals surface area contributed by atoms with Gasteiger partial charge in [0.15, 0.2) is 0 Å². The lowest BCUT2D eigenvalue weighted by Crippen LogP contribution is -2.17. The van der Waals surface area contributed by atoms with Crippen LogP contribution in [0.15, 0.2) is 42.5 Å². The molecule has 0 aromatic heterocycles. The molecule has 0 N–H and O–H groups in total. The van der Waals surface area contributed by atoms with Gasteiger partial charge < -0.3 is 4.90 Å². The normalized spacial score (nSPS) is 10.5. The summed E-state index contributed by atoms with van der Waals surface area (Å²) in [7, 11) is 2.06.